The van der Waals surface area contributed by atoms with Crippen LogP contribution in [0.3, 0.4) is 0 Å². The second-order valence-corrected chi connectivity index (χ2v) is 3.74. The first kappa shape index (κ1) is 12.0. The van der Waals surface area contributed by atoms with Crippen LogP contribution < -0.4 is 0 Å². The van der Waals surface area contributed by atoms with Gasteiger partial charge in [-0.2, -0.15) is 0 Å². The molecular formula is C12H19NO2. The van der Waals surface area contributed by atoms with Crippen molar-refractivity contribution >= 4 is 0 Å². The van der Waals surface area contributed by atoms with E-state index in [-0.39, 0.29) is 6.04 Å². The van der Waals surface area contributed by atoms with Gasteiger partial charge in [0.1, 0.15) is 5.75 Å². The van der Waals surface area contributed by atoms with Crippen LogP contribution in [0.15, 0.2) is 24.3 Å². The van der Waals surface area contributed by atoms with Crippen LogP contribution in [0.25, 0.3) is 0 Å². The molecule has 0 aliphatic carbocycles. The molecule has 0 aromatic heterocycles. The fourth-order valence-corrected chi connectivity index (χ4v) is 1.47. The molecule has 1 atom stereocenters. The van der Waals surface area contributed by atoms with Crippen LogP contribution in [0.2, 0.25) is 0 Å². The number of ether oxygens (including phenoxy) is 1. The van der Waals surface area contributed by atoms with Crippen molar-refractivity contribution in [1.82, 2.24) is 4.90 Å². The zero-order valence-corrected chi connectivity index (χ0v) is 9.60. The number of phenols is 1. The number of hydrogen-bond acceptors (Lipinski definition) is 3. The summed E-state index contributed by atoms with van der Waals surface area (Å²) in [6.07, 6.45) is 0. The summed E-state index contributed by atoms with van der Waals surface area (Å²) in [5.74, 6) is 0.319. The van der Waals surface area contributed by atoms with Crippen LogP contribution in [0.5, 0.6) is 5.75 Å². The molecule has 15 heavy (non-hydrogen) atoms. The third kappa shape index (κ3) is 3.53. The number of hydrogen-bond donors (Lipinski definition) is 1. The van der Waals surface area contributed by atoms with Gasteiger partial charge in [-0.25, -0.2) is 0 Å². The third-order valence-corrected chi connectivity index (χ3v) is 2.66. The molecule has 0 aliphatic heterocycles. The maximum atomic E-state index is 9.38. The first-order valence-electron chi connectivity index (χ1n) is 5.13. The molecule has 0 heterocycles. The van der Waals surface area contributed by atoms with E-state index < -0.39 is 0 Å². The molecule has 0 bridgehead atoms. The van der Waals surface area contributed by atoms with Crippen molar-refractivity contribution in [2.45, 2.75) is 13.0 Å². The van der Waals surface area contributed by atoms with E-state index in [1.165, 1.54) is 0 Å². The lowest BCUT2D eigenvalue weighted by atomic mass is 10.1. The highest BCUT2D eigenvalue weighted by molar-refractivity contribution is 5.29. The van der Waals surface area contributed by atoms with Gasteiger partial charge >= 0.3 is 0 Å². The van der Waals surface area contributed by atoms with Crippen LogP contribution in [0, 0.1) is 0 Å². The number of nitrogens with zero attached hydrogens (tertiary/aromatic N) is 1. The fraction of sp³-hybridized carbons (Fsp3) is 0.500. The number of methoxy groups -OCH3 is 1. The summed E-state index contributed by atoms with van der Waals surface area (Å²) in [4.78, 5) is 2.19. The van der Waals surface area contributed by atoms with E-state index in [4.69, 9.17) is 4.74 Å². The van der Waals surface area contributed by atoms with Gasteiger partial charge in [-0.3, -0.25) is 4.90 Å². The number of phenolic OH excluding ortho intramolecular Hbond substituents is 1. The Morgan fingerprint density at radius 2 is 2.20 bits per heavy atom. The molecule has 1 aromatic rings. The Morgan fingerprint density at radius 1 is 1.47 bits per heavy atom. The Bertz CT molecular complexity index is 301. The molecule has 0 radical (unpaired) electrons. The van der Waals surface area contributed by atoms with E-state index >= 15 is 0 Å². The van der Waals surface area contributed by atoms with Crippen LogP contribution in [-0.2, 0) is 4.74 Å². The lowest BCUT2D eigenvalue weighted by Crippen LogP contribution is -2.26. The van der Waals surface area contributed by atoms with Gasteiger partial charge in [0.05, 0.1) is 6.61 Å². The predicted octanol–water partition coefficient (Wildman–Crippen LogP) is 2.03. The third-order valence-electron chi connectivity index (χ3n) is 2.66. The normalized spacial score (nSPS) is 13.1. The topological polar surface area (TPSA) is 32.7 Å². The summed E-state index contributed by atoms with van der Waals surface area (Å²) >= 11 is 0. The van der Waals surface area contributed by atoms with Gasteiger partial charge < -0.3 is 9.84 Å². The van der Waals surface area contributed by atoms with Gasteiger partial charge in [-0.1, -0.05) is 12.1 Å². The van der Waals surface area contributed by atoms with Crippen molar-refractivity contribution < 1.29 is 9.84 Å². The van der Waals surface area contributed by atoms with E-state index in [0.717, 1.165) is 18.7 Å². The van der Waals surface area contributed by atoms with E-state index in [2.05, 4.69) is 11.8 Å². The molecule has 1 aromatic carbocycles. The van der Waals surface area contributed by atoms with Gasteiger partial charge in [0.25, 0.3) is 0 Å². The molecular weight excluding hydrogens is 190 g/mol. The number of aromatic hydroxyl groups is 1. The van der Waals surface area contributed by atoms with Crippen LogP contribution >= 0.6 is 0 Å². The first-order chi connectivity index (χ1) is 7.15. The van der Waals surface area contributed by atoms with Crippen LogP contribution in [0.4, 0.5) is 0 Å². The molecule has 0 fully saturated rings. The summed E-state index contributed by atoms with van der Waals surface area (Å²) in [5, 5.41) is 9.38. The minimum Gasteiger partial charge on any atom is -0.508 e. The SMILES string of the molecule is COCCN(C)[C@H](C)c1cccc(O)c1. The lowest BCUT2D eigenvalue weighted by molar-refractivity contribution is 0.143. The molecule has 0 unspecified atom stereocenters. The van der Waals surface area contributed by atoms with Gasteiger partial charge in [0, 0.05) is 19.7 Å². The van der Waals surface area contributed by atoms with Gasteiger partial charge in [-0.15, -0.1) is 0 Å². The highest BCUT2D eigenvalue weighted by Crippen LogP contribution is 2.21. The van der Waals surface area contributed by atoms with E-state index in [1.54, 1.807) is 19.2 Å². The second kappa shape index (κ2) is 5.73. The molecule has 0 spiro atoms. The Labute approximate surface area is 91.3 Å². The van der Waals surface area contributed by atoms with E-state index in [1.807, 2.05) is 19.2 Å². The first-order valence-corrected chi connectivity index (χ1v) is 5.13. The largest absolute Gasteiger partial charge is 0.508 e. The maximum absolute atomic E-state index is 9.38. The molecule has 0 amide bonds. The molecule has 0 saturated heterocycles. The van der Waals surface area contributed by atoms with Gasteiger partial charge in [-0.05, 0) is 31.7 Å². The predicted molar refractivity (Wildman–Crippen MR) is 61.0 cm³/mol. The average Bonchev–Trinajstić information content (AvgIpc) is 2.24. The van der Waals surface area contributed by atoms with E-state index in [0.29, 0.717) is 5.75 Å². The van der Waals surface area contributed by atoms with Crippen molar-refractivity contribution in [3.8, 4) is 5.75 Å². The maximum Gasteiger partial charge on any atom is 0.115 e. The van der Waals surface area contributed by atoms with Crippen molar-refractivity contribution in [1.29, 1.82) is 0 Å². The standard InChI is InChI=1S/C12H19NO2/c1-10(13(2)7-8-15-3)11-5-4-6-12(14)9-11/h4-6,9-10,14H,7-8H2,1-3H3/t10-/m1/s1. The quantitative estimate of drug-likeness (QED) is 0.805. The molecule has 0 aliphatic rings. The average molecular weight is 209 g/mol. The van der Waals surface area contributed by atoms with Gasteiger partial charge in [0.2, 0.25) is 0 Å². The Kier molecular flexibility index (Phi) is 4.59. The summed E-state index contributed by atoms with van der Waals surface area (Å²) in [5.41, 5.74) is 1.12. The Hall–Kier alpha value is -1.06. The van der Waals surface area contributed by atoms with E-state index in [9.17, 15) is 5.11 Å². The fourth-order valence-electron chi connectivity index (χ4n) is 1.47. The van der Waals surface area contributed by atoms with Crippen molar-refractivity contribution in [2.75, 3.05) is 27.3 Å². The minimum atomic E-state index is 0.284. The number of likely N-dealkylation sites (N-methyl/N-ethyl adjacent to an activating group) is 1. The molecule has 3 nitrogen and oxygen atoms in total. The number of rotatable bonds is 5. The molecule has 1 N–H and O–H groups in total. The van der Waals surface area contributed by atoms with Gasteiger partial charge in [0.15, 0.2) is 0 Å². The number of benzene rings is 1. The Balaban J connectivity index is 2.62. The summed E-state index contributed by atoms with van der Waals surface area (Å²) in [7, 11) is 3.75. The Morgan fingerprint density at radius 3 is 2.80 bits per heavy atom. The van der Waals surface area contributed by atoms with Crippen molar-refractivity contribution in [3.05, 3.63) is 29.8 Å². The summed E-state index contributed by atoms with van der Waals surface area (Å²) in [6, 6.07) is 7.66. The zero-order valence-electron chi connectivity index (χ0n) is 9.60. The minimum absolute atomic E-state index is 0.284. The second-order valence-electron chi connectivity index (χ2n) is 3.74. The van der Waals surface area contributed by atoms with Crippen molar-refractivity contribution in [3.63, 3.8) is 0 Å². The highest BCUT2D eigenvalue weighted by Gasteiger charge is 2.11. The van der Waals surface area contributed by atoms with Crippen LogP contribution in [-0.4, -0.2) is 37.3 Å². The molecule has 84 valence electrons. The zero-order chi connectivity index (χ0) is 11.3. The molecule has 0 saturated carbocycles. The smallest absolute Gasteiger partial charge is 0.115 e. The van der Waals surface area contributed by atoms with Crippen LogP contribution in [0.1, 0.15) is 18.5 Å². The lowest BCUT2D eigenvalue weighted by Gasteiger charge is -2.24. The summed E-state index contributed by atoms with van der Waals surface area (Å²) in [6.45, 7) is 3.72. The van der Waals surface area contributed by atoms with Crippen molar-refractivity contribution in [2.24, 2.45) is 0 Å². The monoisotopic (exact) mass is 209 g/mol. The molecule has 3 heteroatoms. The molecule has 1 rings (SSSR count). The summed E-state index contributed by atoms with van der Waals surface area (Å²) < 4.78 is 5.03. The highest BCUT2D eigenvalue weighted by atomic mass is 16.5.